The normalized spacial score (nSPS) is 16.3. The number of thiazole rings is 1. The molecule has 1 N–H and O–H groups in total. The van der Waals surface area contributed by atoms with Crippen molar-refractivity contribution >= 4 is 51.3 Å². The Hall–Kier alpha value is -0.500. The van der Waals surface area contributed by atoms with Crippen LogP contribution in [0.2, 0.25) is 0 Å². The zero-order valence-corrected chi connectivity index (χ0v) is 21.0. The molecule has 0 spiro atoms. The van der Waals surface area contributed by atoms with E-state index in [0.717, 1.165) is 17.5 Å². The SMILES string of the molecule is CCNC(=NCc1ncc(C)s1)N1CCN(S(=O)(=O)CCOC(C)C)CC1.I. The first-order valence-electron chi connectivity index (χ1n) is 9.35. The number of piperazine rings is 1. The van der Waals surface area contributed by atoms with Crippen LogP contribution in [0.4, 0.5) is 0 Å². The van der Waals surface area contributed by atoms with Gasteiger partial charge in [0.2, 0.25) is 10.0 Å². The van der Waals surface area contributed by atoms with Crippen molar-refractivity contribution in [3.63, 3.8) is 0 Å². The minimum Gasteiger partial charge on any atom is -0.378 e. The number of aliphatic imine (C=N–C) groups is 1. The Balaban J connectivity index is 0.00000392. The first-order chi connectivity index (χ1) is 12.8. The van der Waals surface area contributed by atoms with Gasteiger partial charge in [0.15, 0.2) is 5.96 Å². The standard InChI is InChI=1S/C17H31N5O3S2.HI/c1-5-18-17(20-13-16-19-12-15(4)26-16)21-6-8-22(9-7-21)27(23,24)11-10-25-14(2)3;/h12,14H,5-11,13H2,1-4H3,(H,18,20);1H. The van der Waals surface area contributed by atoms with Gasteiger partial charge in [0.05, 0.1) is 25.0 Å². The van der Waals surface area contributed by atoms with Gasteiger partial charge in [-0.15, -0.1) is 35.3 Å². The summed E-state index contributed by atoms with van der Waals surface area (Å²) in [6.07, 6.45) is 1.90. The summed E-state index contributed by atoms with van der Waals surface area (Å²) in [5, 5.41) is 4.28. The number of nitrogens with zero attached hydrogens (tertiary/aromatic N) is 4. The van der Waals surface area contributed by atoms with Gasteiger partial charge in [-0.05, 0) is 27.7 Å². The number of sulfonamides is 1. The van der Waals surface area contributed by atoms with Crippen LogP contribution in [0.3, 0.4) is 0 Å². The summed E-state index contributed by atoms with van der Waals surface area (Å²) >= 11 is 1.64. The summed E-state index contributed by atoms with van der Waals surface area (Å²) in [7, 11) is -3.28. The molecule has 11 heteroatoms. The van der Waals surface area contributed by atoms with Crippen molar-refractivity contribution in [1.29, 1.82) is 0 Å². The Labute approximate surface area is 189 Å². The number of rotatable bonds is 8. The molecule has 0 saturated carbocycles. The van der Waals surface area contributed by atoms with E-state index >= 15 is 0 Å². The lowest BCUT2D eigenvalue weighted by molar-refractivity contribution is 0.0904. The molecule has 2 heterocycles. The molecule has 0 amide bonds. The molecule has 1 aliphatic heterocycles. The molecule has 2 rings (SSSR count). The Morgan fingerprint density at radius 3 is 2.57 bits per heavy atom. The molecule has 0 atom stereocenters. The lowest BCUT2D eigenvalue weighted by Crippen LogP contribution is -2.54. The fourth-order valence-corrected chi connectivity index (χ4v) is 4.74. The van der Waals surface area contributed by atoms with Crippen LogP contribution in [0.1, 0.15) is 30.7 Å². The first kappa shape index (κ1) is 25.5. The smallest absolute Gasteiger partial charge is 0.216 e. The zero-order chi connectivity index (χ0) is 19.9. The Kier molecular flexibility index (Phi) is 11.2. The number of aryl methyl sites for hydroxylation is 1. The van der Waals surface area contributed by atoms with Crippen LogP contribution >= 0.6 is 35.3 Å². The number of aromatic nitrogens is 1. The number of guanidine groups is 1. The van der Waals surface area contributed by atoms with Gasteiger partial charge in [-0.2, -0.15) is 4.31 Å². The monoisotopic (exact) mass is 545 g/mol. The quantitative estimate of drug-likeness (QED) is 0.305. The molecule has 0 bridgehead atoms. The molecule has 8 nitrogen and oxygen atoms in total. The van der Waals surface area contributed by atoms with Gasteiger partial charge >= 0.3 is 0 Å². The largest absolute Gasteiger partial charge is 0.378 e. The molecular formula is C17H32IN5O3S2. The van der Waals surface area contributed by atoms with Gasteiger partial charge in [0, 0.05) is 43.8 Å². The second kappa shape index (κ2) is 12.3. The van der Waals surface area contributed by atoms with Crippen LogP contribution in [0.5, 0.6) is 0 Å². The van der Waals surface area contributed by atoms with Crippen molar-refractivity contribution < 1.29 is 13.2 Å². The van der Waals surface area contributed by atoms with Gasteiger partial charge in [-0.3, -0.25) is 0 Å². The third-order valence-corrected chi connectivity index (χ3v) is 6.82. The van der Waals surface area contributed by atoms with Crippen LogP contribution in [0.15, 0.2) is 11.2 Å². The highest BCUT2D eigenvalue weighted by atomic mass is 127. The van der Waals surface area contributed by atoms with E-state index < -0.39 is 10.0 Å². The van der Waals surface area contributed by atoms with Crippen molar-refractivity contribution in [3.05, 3.63) is 16.1 Å². The predicted molar refractivity (Wildman–Crippen MR) is 125 cm³/mol. The molecule has 1 aliphatic rings. The molecule has 0 radical (unpaired) electrons. The first-order valence-corrected chi connectivity index (χ1v) is 11.8. The highest BCUT2D eigenvalue weighted by molar-refractivity contribution is 14.0. The Morgan fingerprint density at radius 2 is 2.04 bits per heavy atom. The maximum atomic E-state index is 12.5. The zero-order valence-electron chi connectivity index (χ0n) is 17.0. The molecule has 1 aromatic rings. The molecule has 0 aromatic carbocycles. The summed E-state index contributed by atoms with van der Waals surface area (Å²) in [6, 6.07) is 0. The van der Waals surface area contributed by atoms with Crippen LogP contribution in [-0.4, -0.2) is 79.8 Å². The molecule has 0 aliphatic carbocycles. The Bertz CT molecular complexity index is 716. The molecule has 162 valence electrons. The molecule has 1 saturated heterocycles. The minimum atomic E-state index is -3.28. The van der Waals surface area contributed by atoms with E-state index in [-0.39, 0.29) is 42.4 Å². The van der Waals surface area contributed by atoms with E-state index in [1.54, 1.807) is 15.6 Å². The highest BCUT2D eigenvalue weighted by Gasteiger charge is 2.28. The van der Waals surface area contributed by atoms with Gasteiger partial charge in [0.25, 0.3) is 0 Å². The summed E-state index contributed by atoms with van der Waals surface area (Å²) in [5.74, 6) is 0.841. The number of halogens is 1. The summed E-state index contributed by atoms with van der Waals surface area (Å²) < 4.78 is 31.9. The van der Waals surface area contributed by atoms with Crippen molar-refractivity contribution in [1.82, 2.24) is 19.5 Å². The lowest BCUT2D eigenvalue weighted by Gasteiger charge is -2.35. The third-order valence-electron chi connectivity index (χ3n) is 4.09. The summed E-state index contributed by atoms with van der Waals surface area (Å²) in [4.78, 5) is 12.3. The maximum Gasteiger partial charge on any atom is 0.216 e. The van der Waals surface area contributed by atoms with Gasteiger partial charge in [-0.25, -0.2) is 18.4 Å². The molecule has 1 aromatic heterocycles. The van der Waals surface area contributed by atoms with E-state index in [2.05, 4.69) is 20.2 Å². The van der Waals surface area contributed by atoms with Gasteiger partial charge < -0.3 is 15.0 Å². The van der Waals surface area contributed by atoms with Gasteiger partial charge in [-0.1, -0.05) is 0 Å². The second-order valence-corrected chi connectivity index (χ2v) is 10.1. The number of hydrogen-bond donors (Lipinski definition) is 1. The van der Waals surface area contributed by atoms with Crippen LogP contribution in [0.25, 0.3) is 0 Å². The fraction of sp³-hybridized carbons (Fsp3) is 0.765. The fourth-order valence-electron chi connectivity index (χ4n) is 2.74. The maximum absolute atomic E-state index is 12.5. The molecule has 0 unspecified atom stereocenters. The van der Waals surface area contributed by atoms with E-state index in [1.165, 1.54) is 4.88 Å². The molecule has 1 fully saturated rings. The van der Waals surface area contributed by atoms with Crippen LogP contribution < -0.4 is 5.32 Å². The average molecular weight is 546 g/mol. The van der Waals surface area contributed by atoms with Crippen molar-refractivity contribution in [2.24, 2.45) is 4.99 Å². The van der Waals surface area contributed by atoms with Crippen LogP contribution in [0, 0.1) is 6.92 Å². The topological polar surface area (TPSA) is 87.1 Å². The highest BCUT2D eigenvalue weighted by Crippen LogP contribution is 2.13. The second-order valence-electron chi connectivity index (χ2n) is 6.66. The molecule has 28 heavy (non-hydrogen) atoms. The lowest BCUT2D eigenvalue weighted by atomic mass is 10.4. The van der Waals surface area contributed by atoms with Gasteiger partial charge in [0.1, 0.15) is 5.01 Å². The van der Waals surface area contributed by atoms with E-state index in [4.69, 9.17) is 4.74 Å². The van der Waals surface area contributed by atoms with Crippen LogP contribution in [-0.2, 0) is 21.3 Å². The average Bonchev–Trinajstić information content (AvgIpc) is 3.03. The summed E-state index contributed by atoms with van der Waals surface area (Å²) in [6.45, 7) is 11.6. The van der Waals surface area contributed by atoms with Crippen molar-refractivity contribution in [2.75, 3.05) is 45.1 Å². The van der Waals surface area contributed by atoms with Crippen molar-refractivity contribution in [2.45, 2.75) is 40.3 Å². The number of nitrogens with one attached hydrogen (secondary N) is 1. The minimum absolute atomic E-state index is 0. The molecular weight excluding hydrogens is 513 g/mol. The third kappa shape index (κ3) is 8.09. The Morgan fingerprint density at radius 1 is 1.36 bits per heavy atom. The van der Waals surface area contributed by atoms with Crippen molar-refractivity contribution in [3.8, 4) is 0 Å². The van der Waals surface area contributed by atoms with E-state index in [1.807, 2.05) is 33.9 Å². The summed E-state index contributed by atoms with van der Waals surface area (Å²) in [5.41, 5.74) is 0. The van der Waals surface area contributed by atoms with E-state index in [9.17, 15) is 8.42 Å². The van der Waals surface area contributed by atoms with E-state index in [0.29, 0.717) is 32.7 Å². The number of hydrogen-bond acceptors (Lipinski definition) is 6. The predicted octanol–water partition coefficient (Wildman–Crippen LogP) is 1.91. The number of ether oxygens (including phenoxy) is 1.